The fraction of sp³-hybridized carbons (Fsp3) is 0.208. The van der Waals surface area contributed by atoms with Crippen LogP contribution in [0.25, 0.3) is 0 Å². The Morgan fingerprint density at radius 1 is 1.11 bits per heavy atom. The van der Waals surface area contributed by atoms with E-state index in [-0.39, 0.29) is 0 Å². The van der Waals surface area contributed by atoms with E-state index in [1.807, 2.05) is 12.1 Å². The predicted molar refractivity (Wildman–Crippen MR) is 110 cm³/mol. The third kappa shape index (κ3) is 2.99. The summed E-state index contributed by atoms with van der Waals surface area (Å²) in [6, 6.07) is 19.4. The number of furan rings is 1. The van der Waals surface area contributed by atoms with Crippen molar-refractivity contribution in [2.24, 2.45) is 10.9 Å². The topological polar surface area (TPSA) is 37.5 Å². The minimum Gasteiger partial charge on any atom is -0.463 e. The summed E-state index contributed by atoms with van der Waals surface area (Å²) in [5, 5.41) is 3.79. The van der Waals surface area contributed by atoms with Crippen molar-refractivity contribution in [2.75, 3.05) is 5.32 Å². The van der Waals surface area contributed by atoms with Crippen LogP contribution >= 0.6 is 0 Å². The van der Waals surface area contributed by atoms with Gasteiger partial charge >= 0.3 is 0 Å². The Labute approximate surface area is 159 Å². The second-order valence-corrected chi connectivity index (χ2v) is 7.43. The summed E-state index contributed by atoms with van der Waals surface area (Å²) in [5.74, 6) is 1.83. The number of fused-ring (bicyclic) bond motifs is 3. The van der Waals surface area contributed by atoms with E-state index in [4.69, 9.17) is 4.42 Å². The molecule has 27 heavy (non-hydrogen) atoms. The third-order valence-electron chi connectivity index (χ3n) is 5.65. The summed E-state index contributed by atoms with van der Waals surface area (Å²) in [5.41, 5.74) is 6.27. The van der Waals surface area contributed by atoms with Crippen LogP contribution in [0.3, 0.4) is 0 Å². The third-order valence-corrected chi connectivity index (χ3v) is 5.65. The van der Waals surface area contributed by atoms with E-state index >= 15 is 0 Å². The lowest BCUT2D eigenvalue weighted by molar-refractivity contribution is 0.425. The van der Waals surface area contributed by atoms with Crippen molar-refractivity contribution in [3.63, 3.8) is 0 Å². The minimum absolute atomic E-state index is 0.323. The number of rotatable bonds is 3. The molecule has 0 spiro atoms. The fourth-order valence-electron chi connectivity index (χ4n) is 4.31. The van der Waals surface area contributed by atoms with Crippen LogP contribution in [-0.2, 0) is 0 Å². The zero-order valence-corrected chi connectivity index (χ0v) is 15.3. The zero-order chi connectivity index (χ0) is 18.2. The molecule has 0 radical (unpaired) electrons. The van der Waals surface area contributed by atoms with Crippen LogP contribution in [0, 0.1) is 12.8 Å². The zero-order valence-electron chi connectivity index (χ0n) is 15.3. The molecule has 0 amide bonds. The van der Waals surface area contributed by atoms with E-state index in [2.05, 4.69) is 71.8 Å². The van der Waals surface area contributed by atoms with E-state index in [9.17, 15) is 0 Å². The van der Waals surface area contributed by atoms with Gasteiger partial charge < -0.3 is 9.73 Å². The summed E-state index contributed by atoms with van der Waals surface area (Å²) in [4.78, 5) is 4.50. The summed E-state index contributed by atoms with van der Waals surface area (Å²) in [6.07, 6.45) is 9.25. The van der Waals surface area contributed by atoms with Crippen LogP contribution in [0.5, 0.6) is 0 Å². The molecule has 0 bridgehead atoms. The van der Waals surface area contributed by atoms with Crippen molar-refractivity contribution in [1.29, 1.82) is 0 Å². The second-order valence-electron chi connectivity index (χ2n) is 7.43. The highest BCUT2D eigenvalue weighted by Crippen LogP contribution is 2.49. The van der Waals surface area contributed by atoms with Crippen molar-refractivity contribution in [3.05, 3.63) is 95.5 Å². The van der Waals surface area contributed by atoms with Gasteiger partial charge in [0.05, 0.1) is 24.2 Å². The highest BCUT2D eigenvalue weighted by Gasteiger charge is 2.37. The molecule has 5 rings (SSSR count). The molecular formula is C24H22N2O. The number of aliphatic imine (C=N–C) groups is 1. The van der Waals surface area contributed by atoms with Crippen LogP contribution in [-0.4, -0.2) is 6.21 Å². The maximum atomic E-state index is 5.30. The molecule has 0 unspecified atom stereocenters. The van der Waals surface area contributed by atoms with Gasteiger partial charge in [0.15, 0.2) is 0 Å². The molecule has 3 aromatic rings. The lowest BCUT2D eigenvalue weighted by atomic mass is 9.76. The van der Waals surface area contributed by atoms with Crippen molar-refractivity contribution < 1.29 is 4.42 Å². The number of nitrogens with zero attached hydrogens (tertiary/aromatic N) is 1. The first-order chi connectivity index (χ1) is 13.3. The van der Waals surface area contributed by atoms with Crippen LogP contribution < -0.4 is 5.32 Å². The van der Waals surface area contributed by atoms with Crippen LogP contribution in [0.15, 0.2) is 82.4 Å². The molecule has 2 heterocycles. The number of hydrogen-bond donors (Lipinski definition) is 1. The Balaban J connectivity index is 1.42. The number of aryl methyl sites for hydroxylation is 1. The number of nitrogens with one attached hydrogen (secondary N) is 1. The summed E-state index contributed by atoms with van der Waals surface area (Å²) < 4.78 is 5.30. The normalized spacial score (nSPS) is 23.2. The van der Waals surface area contributed by atoms with Crippen molar-refractivity contribution in [2.45, 2.75) is 25.3 Å². The van der Waals surface area contributed by atoms with Gasteiger partial charge in [0.1, 0.15) is 5.76 Å². The molecule has 0 saturated heterocycles. The maximum Gasteiger partial charge on any atom is 0.144 e. The average Bonchev–Trinajstić information content (AvgIpc) is 3.38. The van der Waals surface area contributed by atoms with Crippen molar-refractivity contribution >= 4 is 17.6 Å². The van der Waals surface area contributed by atoms with Gasteiger partial charge in [0.2, 0.25) is 0 Å². The molecule has 3 atom stereocenters. The van der Waals surface area contributed by atoms with E-state index < -0.39 is 0 Å². The molecule has 0 saturated carbocycles. The highest BCUT2D eigenvalue weighted by molar-refractivity contribution is 5.78. The Hall–Kier alpha value is -3.07. The first-order valence-corrected chi connectivity index (χ1v) is 9.49. The second kappa shape index (κ2) is 6.58. The van der Waals surface area contributed by atoms with Crippen LogP contribution in [0.1, 0.15) is 40.8 Å². The van der Waals surface area contributed by atoms with Gasteiger partial charge in [0.25, 0.3) is 0 Å². The largest absolute Gasteiger partial charge is 0.463 e. The van der Waals surface area contributed by atoms with Gasteiger partial charge in [0, 0.05) is 11.6 Å². The summed E-state index contributed by atoms with van der Waals surface area (Å²) >= 11 is 0. The molecule has 0 fully saturated rings. The summed E-state index contributed by atoms with van der Waals surface area (Å²) in [6.45, 7) is 2.17. The fourth-order valence-corrected chi connectivity index (χ4v) is 4.31. The number of hydrogen-bond acceptors (Lipinski definition) is 3. The van der Waals surface area contributed by atoms with E-state index in [1.54, 1.807) is 12.5 Å². The smallest absolute Gasteiger partial charge is 0.144 e. The first-order valence-electron chi connectivity index (χ1n) is 9.49. The van der Waals surface area contributed by atoms with Gasteiger partial charge in [-0.3, -0.25) is 4.99 Å². The molecule has 1 aromatic heterocycles. The van der Waals surface area contributed by atoms with E-state index in [1.165, 1.54) is 22.4 Å². The van der Waals surface area contributed by atoms with Gasteiger partial charge in [-0.2, -0.15) is 0 Å². The minimum atomic E-state index is 0.323. The average molecular weight is 354 g/mol. The monoisotopic (exact) mass is 354 g/mol. The van der Waals surface area contributed by atoms with Crippen LogP contribution in [0.4, 0.5) is 11.4 Å². The Morgan fingerprint density at radius 3 is 2.81 bits per heavy atom. The quantitative estimate of drug-likeness (QED) is 0.451. The Bertz CT molecular complexity index is 999. The van der Waals surface area contributed by atoms with Gasteiger partial charge in [-0.05, 0) is 60.7 Å². The number of anilines is 1. The molecule has 1 aliphatic heterocycles. The van der Waals surface area contributed by atoms with E-state index in [0.29, 0.717) is 17.9 Å². The highest BCUT2D eigenvalue weighted by atomic mass is 16.3. The van der Waals surface area contributed by atoms with Gasteiger partial charge in [-0.25, -0.2) is 0 Å². The van der Waals surface area contributed by atoms with Crippen LogP contribution in [0.2, 0.25) is 0 Å². The number of allylic oxidation sites excluding steroid dienone is 2. The predicted octanol–water partition coefficient (Wildman–Crippen LogP) is 6.17. The Kier molecular flexibility index (Phi) is 3.93. The Morgan fingerprint density at radius 2 is 2.00 bits per heavy atom. The molecule has 1 N–H and O–H groups in total. The molecule has 2 aliphatic rings. The molecule has 134 valence electrons. The molecule has 3 heteroatoms. The molecule has 2 aromatic carbocycles. The molecular weight excluding hydrogens is 332 g/mol. The summed E-state index contributed by atoms with van der Waals surface area (Å²) in [7, 11) is 0. The van der Waals surface area contributed by atoms with Crippen molar-refractivity contribution in [3.8, 4) is 0 Å². The van der Waals surface area contributed by atoms with E-state index in [0.717, 1.165) is 17.9 Å². The van der Waals surface area contributed by atoms with Gasteiger partial charge in [-0.15, -0.1) is 0 Å². The standard InChI is InChI=1S/C24H22N2O/c1-16-7-12-23-22(14-16)20-5-2-6-21(20)24(26-23)17-8-10-18(11-9-17)25-15-19-4-3-13-27-19/h2-5,7-15,20-21,24,26H,6H2,1H3/t20-,21+,24+/m1/s1. The number of benzene rings is 2. The maximum absolute atomic E-state index is 5.30. The first kappa shape index (κ1) is 16.1. The molecule has 1 aliphatic carbocycles. The lowest BCUT2D eigenvalue weighted by Gasteiger charge is -2.37. The molecule has 3 nitrogen and oxygen atoms in total. The SMILES string of the molecule is Cc1ccc2c(c1)[C@@H]1C=CC[C@@H]1[C@H](c1ccc(N=Cc3ccco3)cc1)N2. The van der Waals surface area contributed by atoms with Crippen molar-refractivity contribution in [1.82, 2.24) is 0 Å². The lowest BCUT2D eigenvalue weighted by Crippen LogP contribution is -2.29. The van der Waals surface area contributed by atoms with Gasteiger partial charge in [-0.1, -0.05) is 42.0 Å².